The minimum Gasteiger partial charge on any atom is -0.504 e. The highest BCUT2D eigenvalue weighted by Crippen LogP contribution is 2.37. The van der Waals surface area contributed by atoms with Gasteiger partial charge in [0.25, 0.3) is 0 Å². The monoisotopic (exact) mass is 249 g/mol. The van der Waals surface area contributed by atoms with Gasteiger partial charge in [-0.15, -0.1) is 12.4 Å². The van der Waals surface area contributed by atoms with Crippen LogP contribution in [0.25, 0.3) is 0 Å². The molecular formula is C10H16ClNO4. The molecule has 0 heterocycles. The number of phenols is 2. The third kappa shape index (κ3) is 3.16. The van der Waals surface area contributed by atoms with Crippen molar-refractivity contribution in [3.63, 3.8) is 0 Å². The van der Waals surface area contributed by atoms with E-state index in [4.69, 9.17) is 15.6 Å². The number of aromatic hydroxyl groups is 2. The summed E-state index contributed by atoms with van der Waals surface area (Å²) in [6.07, 6.45) is 0.382. The van der Waals surface area contributed by atoms with Gasteiger partial charge in [0.05, 0.1) is 7.11 Å². The summed E-state index contributed by atoms with van der Waals surface area (Å²) in [4.78, 5) is 0. The number of hydrogen-bond acceptors (Lipinski definition) is 5. The highest BCUT2D eigenvalue weighted by atomic mass is 35.5. The summed E-state index contributed by atoms with van der Waals surface area (Å²) < 4.78 is 4.87. The first-order valence-corrected chi connectivity index (χ1v) is 4.56. The second-order valence-corrected chi connectivity index (χ2v) is 3.21. The lowest BCUT2D eigenvalue weighted by molar-refractivity contribution is 0.276. The van der Waals surface area contributed by atoms with Crippen molar-refractivity contribution in [1.82, 2.24) is 0 Å². The number of ether oxygens (including phenoxy) is 1. The standard InChI is InChI=1S/C10H15NO4.ClH/c1-15-9-5-6(7(11)2-3-12)4-8(13)10(9)14;/h4-5,7,12-14H,2-3,11H2,1H3;1H. The Morgan fingerprint density at radius 2 is 2.00 bits per heavy atom. The summed E-state index contributed by atoms with van der Waals surface area (Å²) in [5.74, 6) is -0.423. The van der Waals surface area contributed by atoms with Crippen molar-refractivity contribution < 1.29 is 20.1 Å². The topological polar surface area (TPSA) is 95.9 Å². The summed E-state index contributed by atoms with van der Waals surface area (Å²) >= 11 is 0. The van der Waals surface area contributed by atoms with Crippen molar-refractivity contribution in [3.05, 3.63) is 17.7 Å². The number of benzene rings is 1. The molecule has 0 aliphatic rings. The number of hydrogen-bond donors (Lipinski definition) is 4. The zero-order valence-electron chi connectivity index (χ0n) is 8.88. The molecule has 0 aromatic heterocycles. The molecule has 0 radical (unpaired) electrons. The average molecular weight is 250 g/mol. The Labute approximate surface area is 99.9 Å². The highest BCUT2D eigenvalue weighted by Gasteiger charge is 2.13. The van der Waals surface area contributed by atoms with E-state index in [1.165, 1.54) is 19.2 Å². The third-order valence-electron chi connectivity index (χ3n) is 2.17. The van der Waals surface area contributed by atoms with Crippen LogP contribution >= 0.6 is 12.4 Å². The fraction of sp³-hybridized carbons (Fsp3) is 0.400. The van der Waals surface area contributed by atoms with Crippen LogP contribution in [-0.4, -0.2) is 29.0 Å². The second kappa shape index (κ2) is 6.42. The van der Waals surface area contributed by atoms with E-state index in [-0.39, 0.29) is 36.3 Å². The van der Waals surface area contributed by atoms with Gasteiger partial charge in [-0.25, -0.2) is 0 Å². The number of methoxy groups -OCH3 is 1. The zero-order chi connectivity index (χ0) is 11.4. The van der Waals surface area contributed by atoms with Gasteiger partial charge < -0.3 is 25.8 Å². The molecule has 16 heavy (non-hydrogen) atoms. The molecule has 0 spiro atoms. The van der Waals surface area contributed by atoms with E-state index in [1.807, 2.05) is 0 Å². The molecule has 0 saturated carbocycles. The molecule has 5 N–H and O–H groups in total. The predicted molar refractivity (Wildman–Crippen MR) is 62.2 cm³/mol. The molecule has 1 aromatic carbocycles. The van der Waals surface area contributed by atoms with Gasteiger partial charge in [-0.3, -0.25) is 0 Å². The molecule has 5 nitrogen and oxygen atoms in total. The molecule has 6 heteroatoms. The molecule has 1 rings (SSSR count). The zero-order valence-corrected chi connectivity index (χ0v) is 9.70. The first kappa shape index (κ1) is 14.8. The molecule has 1 aromatic rings. The van der Waals surface area contributed by atoms with Crippen LogP contribution in [0, 0.1) is 0 Å². The molecule has 1 atom stereocenters. The molecule has 0 saturated heterocycles. The Morgan fingerprint density at radius 1 is 1.38 bits per heavy atom. The van der Waals surface area contributed by atoms with Gasteiger partial charge in [0, 0.05) is 12.6 Å². The van der Waals surface area contributed by atoms with E-state index in [1.54, 1.807) is 0 Å². The molecule has 0 fully saturated rings. The van der Waals surface area contributed by atoms with Crippen molar-refractivity contribution in [2.75, 3.05) is 13.7 Å². The van der Waals surface area contributed by atoms with E-state index < -0.39 is 6.04 Å². The Hall–Kier alpha value is -1.17. The minimum absolute atomic E-state index is 0. The third-order valence-corrected chi connectivity index (χ3v) is 2.17. The van der Waals surface area contributed by atoms with Crippen molar-refractivity contribution in [2.24, 2.45) is 5.73 Å². The summed E-state index contributed by atoms with van der Waals surface area (Å²) in [6, 6.07) is 2.50. The molecule has 0 amide bonds. The Kier molecular flexibility index (Phi) is 5.95. The first-order chi connectivity index (χ1) is 7.10. The van der Waals surface area contributed by atoms with Crippen LogP contribution in [0.5, 0.6) is 17.2 Å². The Bertz CT molecular complexity index is 346. The van der Waals surface area contributed by atoms with Gasteiger partial charge in [0.1, 0.15) is 0 Å². The fourth-order valence-electron chi connectivity index (χ4n) is 1.29. The Morgan fingerprint density at radius 3 is 2.50 bits per heavy atom. The van der Waals surface area contributed by atoms with Crippen LogP contribution in [0.3, 0.4) is 0 Å². The maximum absolute atomic E-state index is 9.38. The number of halogens is 1. The lowest BCUT2D eigenvalue weighted by Crippen LogP contribution is -2.11. The quantitative estimate of drug-likeness (QED) is 0.595. The Balaban J connectivity index is 0.00000225. The van der Waals surface area contributed by atoms with Gasteiger partial charge in [-0.1, -0.05) is 0 Å². The van der Waals surface area contributed by atoms with Gasteiger partial charge in [0.15, 0.2) is 11.5 Å². The predicted octanol–water partition coefficient (Wildman–Crippen LogP) is 0.910. The summed E-state index contributed by atoms with van der Waals surface area (Å²) in [5, 5.41) is 27.5. The van der Waals surface area contributed by atoms with Crippen LogP contribution in [0.1, 0.15) is 18.0 Å². The summed E-state index contributed by atoms with van der Waals surface area (Å²) in [6.45, 7) is -0.0366. The van der Waals surface area contributed by atoms with E-state index in [2.05, 4.69) is 0 Å². The van der Waals surface area contributed by atoms with Crippen molar-refractivity contribution in [1.29, 1.82) is 0 Å². The van der Waals surface area contributed by atoms with Gasteiger partial charge in [-0.2, -0.15) is 0 Å². The van der Waals surface area contributed by atoms with E-state index in [0.29, 0.717) is 12.0 Å². The number of aliphatic hydroxyl groups is 1. The second-order valence-electron chi connectivity index (χ2n) is 3.21. The minimum atomic E-state index is -0.393. The van der Waals surface area contributed by atoms with Crippen molar-refractivity contribution in [2.45, 2.75) is 12.5 Å². The van der Waals surface area contributed by atoms with Crippen molar-refractivity contribution in [3.8, 4) is 17.2 Å². The van der Waals surface area contributed by atoms with E-state index >= 15 is 0 Å². The number of phenolic OH excluding ortho intramolecular Hbond substituents is 2. The summed E-state index contributed by atoms with van der Waals surface area (Å²) in [7, 11) is 1.38. The molecule has 0 bridgehead atoms. The SMILES string of the molecule is COc1cc(C(N)CCO)cc(O)c1O.Cl. The average Bonchev–Trinajstić information content (AvgIpc) is 2.22. The number of aliphatic hydroxyl groups excluding tert-OH is 1. The molecule has 0 aliphatic carbocycles. The maximum Gasteiger partial charge on any atom is 0.200 e. The lowest BCUT2D eigenvalue weighted by atomic mass is 10.0. The van der Waals surface area contributed by atoms with Crippen LogP contribution < -0.4 is 10.5 Å². The van der Waals surface area contributed by atoms with Crippen LogP contribution in [-0.2, 0) is 0 Å². The normalized spacial score (nSPS) is 11.7. The first-order valence-electron chi connectivity index (χ1n) is 4.56. The molecular weight excluding hydrogens is 234 g/mol. The molecule has 0 aliphatic heterocycles. The van der Waals surface area contributed by atoms with Gasteiger partial charge >= 0.3 is 0 Å². The van der Waals surface area contributed by atoms with Crippen LogP contribution in [0.4, 0.5) is 0 Å². The van der Waals surface area contributed by atoms with E-state index in [0.717, 1.165) is 0 Å². The van der Waals surface area contributed by atoms with E-state index in [9.17, 15) is 10.2 Å². The number of rotatable bonds is 4. The van der Waals surface area contributed by atoms with Crippen LogP contribution in [0.2, 0.25) is 0 Å². The largest absolute Gasteiger partial charge is 0.504 e. The summed E-state index contributed by atoms with van der Waals surface area (Å²) in [5.41, 5.74) is 6.35. The number of nitrogens with two attached hydrogens (primary N) is 1. The van der Waals surface area contributed by atoms with Gasteiger partial charge in [-0.05, 0) is 24.1 Å². The van der Waals surface area contributed by atoms with Crippen molar-refractivity contribution >= 4 is 12.4 Å². The highest BCUT2D eigenvalue weighted by molar-refractivity contribution is 5.85. The molecule has 92 valence electrons. The van der Waals surface area contributed by atoms with Gasteiger partial charge in [0.2, 0.25) is 5.75 Å². The maximum atomic E-state index is 9.38. The van der Waals surface area contributed by atoms with Crippen LogP contribution in [0.15, 0.2) is 12.1 Å². The fourth-order valence-corrected chi connectivity index (χ4v) is 1.29. The smallest absolute Gasteiger partial charge is 0.200 e. The molecule has 1 unspecified atom stereocenters. The lowest BCUT2D eigenvalue weighted by Gasteiger charge is -2.13.